The average molecular weight is 188 g/mol. The van der Waals surface area contributed by atoms with Crippen molar-refractivity contribution in [2.45, 2.75) is 52.6 Å². The third-order valence-corrected chi connectivity index (χ3v) is 2.32. The highest BCUT2D eigenvalue weighted by molar-refractivity contribution is 4.56. The SMILES string of the molecule is CCCC(C)CCC(C)OCOC. The van der Waals surface area contributed by atoms with Crippen molar-refractivity contribution in [3.8, 4) is 0 Å². The van der Waals surface area contributed by atoms with Gasteiger partial charge in [0.1, 0.15) is 6.79 Å². The maximum Gasteiger partial charge on any atom is 0.146 e. The lowest BCUT2D eigenvalue weighted by molar-refractivity contribution is -0.0687. The quantitative estimate of drug-likeness (QED) is 0.544. The summed E-state index contributed by atoms with van der Waals surface area (Å²) in [6.45, 7) is 7.08. The molecular formula is C11H24O2. The summed E-state index contributed by atoms with van der Waals surface area (Å²) in [4.78, 5) is 0. The molecule has 0 aliphatic heterocycles. The molecule has 0 radical (unpaired) electrons. The molecule has 2 unspecified atom stereocenters. The lowest BCUT2D eigenvalue weighted by atomic mass is 9.99. The van der Waals surface area contributed by atoms with Crippen LogP contribution in [0.15, 0.2) is 0 Å². The molecule has 0 aromatic heterocycles. The zero-order valence-corrected chi connectivity index (χ0v) is 9.51. The zero-order chi connectivity index (χ0) is 10.1. The van der Waals surface area contributed by atoms with Crippen molar-refractivity contribution in [3.05, 3.63) is 0 Å². The van der Waals surface area contributed by atoms with Crippen LogP contribution in [0.2, 0.25) is 0 Å². The van der Waals surface area contributed by atoms with E-state index < -0.39 is 0 Å². The molecule has 0 aliphatic carbocycles. The van der Waals surface area contributed by atoms with E-state index in [4.69, 9.17) is 9.47 Å². The minimum atomic E-state index is 0.333. The Morgan fingerprint density at radius 2 is 1.77 bits per heavy atom. The molecule has 0 rings (SSSR count). The first-order valence-electron chi connectivity index (χ1n) is 5.31. The van der Waals surface area contributed by atoms with Crippen molar-refractivity contribution in [3.63, 3.8) is 0 Å². The van der Waals surface area contributed by atoms with E-state index in [9.17, 15) is 0 Å². The van der Waals surface area contributed by atoms with Crippen molar-refractivity contribution in [2.24, 2.45) is 5.92 Å². The van der Waals surface area contributed by atoms with E-state index in [1.165, 1.54) is 19.3 Å². The van der Waals surface area contributed by atoms with E-state index in [1.807, 2.05) is 0 Å². The van der Waals surface area contributed by atoms with Gasteiger partial charge in [0.15, 0.2) is 0 Å². The molecule has 2 nitrogen and oxygen atoms in total. The van der Waals surface area contributed by atoms with Gasteiger partial charge in [0.05, 0.1) is 6.10 Å². The Balaban J connectivity index is 3.29. The normalized spacial score (nSPS) is 15.7. The van der Waals surface area contributed by atoms with E-state index >= 15 is 0 Å². The molecule has 0 aromatic carbocycles. The van der Waals surface area contributed by atoms with Crippen molar-refractivity contribution >= 4 is 0 Å². The third kappa shape index (κ3) is 8.26. The molecular weight excluding hydrogens is 164 g/mol. The maximum absolute atomic E-state index is 5.40. The van der Waals surface area contributed by atoms with Crippen LogP contribution < -0.4 is 0 Å². The predicted molar refractivity (Wildman–Crippen MR) is 55.7 cm³/mol. The molecule has 0 saturated carbocycles. The molecule has 0 aliphatic rings. The molecule has 0 bridgehead atoms. The van der Waals surface area contributed by atoms with Crippen LogP contribution in [0.3, 0.4) is 0 Å². The van der Waals surface area contributed by atoms with Crippen molar-refractivity contribution in [2.75, 3.05) is 13.9 Å². The van der Waals surface area contributed by atoms with E-state index in [1.54, 1.807) is 7.11 Å². The monoisotopic (exact) mass is 188 g/mol. The Morgan fingerprint density at radius 3 is 2.31 bits per heavy atom. The molecule has 2 atom stereocenters. The lowest BCUT2D eigenvalue weighted by Crippen LogP contribution is -2.11. The van der Waals surface area contributed by atoms with Gasteiger partial charge in [-0.2, -0.15) is 0 Å². The van der Waals surface area contributed by atoms with Crippen LogP contribution >= 0.6 is 0 Å². The standard InChI is InChI=1S/C11H24O2/c1-5-6-10(2)7-8-11(3)13-9-12-4/h10-11H,5-9H2,1-4H3. The summed E-state index contributed by atoms with van der Waals surface area (Å²) >= 11 is 0. The van der Waals surface area contributed by atoms with Crippen LogP contribution in [0.5, 0.6) is 0 Å². The minimum absolute atomic E-state index is 0.333. The first-order valence-corrected chi connectivity index (χ1v) is 5.31. The second-order valence-electron chi connectivity index (χ2n) is 3.86. The Hall–Kier alpha value is -0.0800. The molecule has 0 spiro atoms. The van der Waals surface area contributed by atoms with Gasteiger partial charge in [-0.3, -0.25) is 0 Å². The average Bonchev–Trinajstić information content (AvgIpc) is 2.12. The largest absolute Gasteiger partial charge is 0.359 e. The van der Waals surface area contributed by atoms with Gasteiger partial charge in [-0.15, -0.1) is 0 Å². The Labute approximate surface area is 82.6 Å². The van der Waals surface area contributed by atoms with Crippen LogP contribution in [0.1, 0.15) is 46.5 Å². The topological polar surface area (TPSA) is 18.5 Å². The van der Waals surface area contributed by atoms with Crippen LogP contribution in [-0.4, -0.2) is 20.0 Å². The maximum atomic E-state index is 5.40. The lowest BCUT2D eigenvalue weighted by Gasteiger charge is -2.15. The summed E-state index contributed by atoms with van der Waals surface area (Å²) in [6, 6.07) is 0. The highest BCUT2D eigenvalue weighted by Gasteiger charge is 2.05. The molecule has 0 heterocycles. The Bertz CT molecular complexity index is 104. The fourth-order valence-corrected chi connectivity index (χ4v) is 1.42. The highest BCUT2D eigenvalue weighted by Crippen LogP contribution is 2.14. The van der Waals surface area contributed by atoms with Gasteiger partial charge in [-0.25, -0.2) is 0 Å². The molecule has 0 saturated heterocycles. The van der Waals surface area contributed by atoms with Gasteiger partial charge in [0.25, 0.3) is 0 Å². The van der Waals surface area contributed by atoms with Crippen LogP contribution in [0.25, 0.3) is 0 Å². The van der Waals surface area contributed by atoms with Crippen molar-refractivity contribution in [1.82, 2.24) is 0 Å². The summed E-state index contributed by atoms with van der Waals surface area (Å²) in [6.07, 6.45) is 5.36. The predicted octanol–water partition coefficient (Wildman–Crippen LogP) is 3.21. The minimum Gasteiger partial charge on any atom is -0.359 e. The molecule has 0 amide bonds. The Kier molecular flexibility index (Phi) is 8.46. The molecule has 80 valence electrons. The Morgan fingerprint density at radius 1 is 1.08 bits per heavy atom. The summed E-state index contributed by atoms with van der Waals surface area (Å²) in [7, 11) is 1.66. The van der Waals surface area contributed by atoms with Gasteiger partial charge in [-0.1, -0.05) is 26.7 Å². The van der Waals surface area contributed by atoms with Crippen molar-refractivity contribution in [1.29, 1.82) is 0 Å². The number of methoxy groups -OCH3 is 1. The molecule has 13 heavy (non-hydrogen) atoms. The van der Waals surface area contributed by atoms with Gasteiger partial charge < -0.3 is 9.47 Å². The molecule has 0 aromatic rings. The van der Waals surface area contributed by atoms with Gasteiger partial charge >= 0.3 is 0 Å². The van der Waals surface area contributed by atoms with Crippen LogP contribution in [0.4, 0.5) is 0 Å². The van der Waals surface area contributed by atoms with Gasteiger partial charge in [-0.05, 0) is 25.7 Å². The fourth-order valence-electron chi connectivity index (χ4n) is 1.42. The van der Waals surface area contributed by atoms with E-state index in [0.29, 0.717) is 12.9 Å². The molecule has 0 fully saturated rings. The van der Waals surface area contributed by atoms with Gasteiger partial charge in [0.2, 0.25) is 0 Å². The number of rotatable bonds is 8. The van der Waals surface area contributed by atoms with E-state index in [-0.39, 0.29) is 0 Å². The smallest absolute Gasteiger partial charge is 0.146 e. The second-order valence-corrected chi connectivity index (χ2v) is 3.86. The fraction of sp³-hybridized carbons (Fsp3) is 1.00. The van der Waals surface area contributed by atoms with Crippen LogP contribution in [-0.2, 0) is 9.47 Å². The number of hydrogen-bond acceptors (Lipinski definition) is 2. The molecule has 2 heteroatoms. The summed E-state index contributed by atoms with van der Waals surface area (Å²) in [5, 5.41) is 0. The summed E-state index contributed by atoms with van der Waals surface area (Å²) in [5.74, 6) is 0.832. The first kappa shape index (κ1) is 12.9. The molecule has 0 N–H and O–H groups in total. The summed E-state index contributed by atoms with van der Waals surface area (Å²) in [5.41, 5.74) is 0. The van der Waals surface area contributed by atoms with E-state index in [2.05, 4.69) is 20.8 Å². The van der Waals surface area contributed by atoms with E-state index in [0.717, 1.165) is 12.3 Å². The van der Waals surface area contributed by atoms with Gasteiger partial charge in [0, 0.05) is 7.11 Å². The number of ether oxygens (including phenoxy) is 2. The zero-order valence-electron chi connectivity index (χ0n) is 9.51. The second kappa shape index (κ2) is 8.52. The first-order chi connectivity index (χ1) is 6.20. The van der Waals surface area contributed by atoms with Crippen LogP contribution in [0, 0.1) is 5.92 Å². The highest BCUT2D eigenvalue weighted by atomic mass is 16.7. The number of hydrogen-bond donors (Lipinski definition) is 0. The van der Waals surface area contributed by atoms with Crippen molar-refractivity contribution < 1.29 is 9.47 Å². The third-order valence-electron chi connectivity index (χ3n) is 2.32. The summed E-state index contributed by atoms with van der Waals surface area (Å²) < 4.78 is 10.2.